The Hall–Kier alpha value is -3.34. The molecule has 2 aliphatic rings. The van der Waals surface area contributed by atoms with Gasteiger partial charge in [0.25, 0.3) is 0 Å². The fourth-order valence-corrected chi connectivity index (χ4v) is 3.82. The number of hydrogen-bond acceptors (Lipinski definition) is 8. The summed E-state index contributed by atoms with van der Waals surface area (Å²) in [5.41, 5.74) is -0.582. The van der Waals surface area contributed by atoms with Gasteiger partial charge in [-0.15, -0.1) is 20.1 Å². The molecule has 0 fully saturated rings. The second-order valence-electron chi connectivity index (χ2n) is 7.72. The highest BCUT2D eigenvalue weighted by Gasteiger charge is 2.46. The summed E-state index contributed by atoms with van der Waals surface area (Å²) in [5, 5.41) is 2.47. The Labute approximate surface area is 179 Å². The normalized spacial score (nSPS) is 20.7. The summed E-state index contributed by atoms with van der Waals surface area (Å²) in [6, 6.07) is 4.02. The number of ether oxygens (including phenoxy) is 3. The van der Waals surface area contributed by atoms with Crippen LogP contribution in [0.3, 0.4) is 0 Å². The lowest BCUT2D eigenvalue weighted by Gasteiger charge is -2.23. The van der Waals surface area contributed by atoms with Crippen LogP contribution in [0, 0.1) is 0 Å². The number of nitrogens with one attached hydrogen (secondary N) is 1. The van der Waals surface area contributed by atoms with Crippen LogP contribution in [0.5, 0.6) is 11.5 Å². The highest BCUT2D eigenvalue weighted by Crippen LogP contribution is 2.45. The molecule has 0 radical (unpaired) electrons. The third-order valence-corrected chi connectivity index (χ3v) is 5.11. The molecule has 0 aliphatic carbocycles. The van der Waals surface area contributed by atoms with Crippen molar-refractivity contribution in [3.05, 3.63) is 46.3 Å². The van der Waals surface area contributed by atoms with Crippen LogP contribution in [0.15, 0.2) is 40.9 Å². The molecule has 31 heavy (non-hydrogen) atoms. The molecule has 2 aromatic rings. The first-order valence-electron chi connectivity index (χ1n) is 9.11. The molecule has 3 heterocycles. The molecule has 0 saturated carbocycles. The fraction of sp³-hybridized carbons (Fsp3) is 0.300. The van der Waals surface area contributed by atoms with Crippen LogP contribution in [-0.2, 0) is 10.3 Å². The van der Waals surface area contributed by atoms with Crippen molar-refractivity contribution in [1.82, 2.24) is 4.98 Å². The van der Waals surface area contributed by atoms with E-state index in [1.54, 1.807) is 26.8 Å². The van der Waals surface area contributed by atoms with E-state index in [1.165, 1.54) is 36.0 Å². The van der Waals surface area contributed by atoms with Gasteiger partial charge in [-0.3, -0.25) is 15.1 Å². The predicted octanol–water partition coefficient (Wildman–Crippen LogP) is 4.53. The SMILES string of the molecule is CC(C)(C)OC(=O)Nc1ncsc1C(=O)C1(c2ccc3c(c2)OC(F)(F)O3)C=CC=N1. The molecule has 11 heteroatoms. The first-order valence-corrected chi connectivity index (χ1v) is 9.99. The van der Waals surface area contributed by atoms with Gasteiger partial charge in [0.1, 0.15) is 10.5 Å². The van der Waals surface area contributed by atoms with Crippen LogP contribution in [0.25, 0.3) is 0 Å². The van der Waals surface area contributed by atoms with Gasteiger partial charge in [0.05, 0.1) is 5.51 Å². The number of halogens is 2. The number of nitrogens with zero attached hydrogens (tertiary/aromatic N) is 2. The van der Waals surface area contributed by atoms with Crippen molar-refractivity contribution < 1.29 is 32.6 Å². The highest BCUT2D eigenvalue weighted by molar-refractivity contribution is 7.12. The third kappa shape index (κ3) is 4.00. The molecule has 1 unspecified atom stereocenters. The zero-order chi connectivity index (χ0) is 22.4. The molecule has 8 nitrogen and oxygen atoms in total. The van der Waals surface area contributed by atoms with E-state index in [9.17, 15) is 18.4 Å². The molecule has 0 bridgehead atoms. The van der Waals surface area contributed by atoms with Crippen molar-refractivity contribution in [2.24, 2.45) is 4.99 Å². The van der Waals surface area contributed by atoms with Gasteiger partial charge in [-0.1, -0.05) is 6.07 Å². The Bertz CT molecular complexity index is 1110. The number of rotatable bonds is 4. The van der Waals surface area contributed by atoms with Gasteiger partial charge in [0.15, 0.2) is 22.9 Å². The quantitative estimate of drug-likeness (QED) is 0.689. The maximum absolute atomic E-state index is 13.5. The van der Waals surface area contributed by atoms with Gasteiger partial charge in [-0.2, -0.15) is 0 Å². The number of allylic oxidation sites excluding steroid dienone is 1. The number of Topliss-reactive ketones (excluding diaryl/α,β-unsaturated/α-hetero) is 1. The number of fused-ring (bicyclic) bond motifs is 1. The minimum Gasteiger partial charge on any atom is -0.444 e. The summed E-state index contributed by atoms with van der Waals surface area (Å²) in [7, 11) is 0. The first kappa shape index (κ1) is 20.9. The fourth-order valence-electron chi connectivity index (χ4n) is 3.08. The van der Waals surface area contributed by atoms with Crippen molar-refractivity contribution >= 4 is 35.2 Å². The summed E-state index contributed by atoms with van der Waals surface area (Å²) in [6.45, 7) is 5.11. The lowest BCUT2D eigenvalue weighted by Crippen LogP contribution is -2.32. The van der Waals surface area contributed by atoms with E-state index in [4.69, 9.17) is 4.74 Å². The van der Waals surface area contributed by atoms with Crippen LogP contribution >= 0.6 is 11.3 Å². The maximum atomic E-state index is 13.5. The smallest absolute Gasteiger partial charge is 0.444 e. The van der Waals surface area contributed by atoms with E-state index >= 15 is 0 Å². The minimum absolute atomic E-state index is 0.0198. The van der Waals surface area contributed by atoms with E-state index < -0.39 is 29.3 Å². The molecule has 1 atom stereocenters. The number of carbonyl (C=O) groups excluding carboxylic acids is 2. The lowest BCUT2D eigenvalue weighted by atomic mass is 9.85. The van der Waals surface area contributed by atoms with Gasteiger partial charge >= 0.3 is 12.4 Å². The Balaban J connectivity index is 1.67. The minimum atomic E-state index is -3.78. The van der Waals surface area contributed by atoms with Crippen molar-refractivity contribution in [2.75, 3.05) is 5.32 Å². The topological polar surface area (TPSA) is 99.1 Å². The maximum Gasteiger partial charge on any atom is 0.586 e. The molecule has 162 valence electrons. The largest absolute Gasteiger partial charge is 0.586 e. The molecular formula is C20H17F2N3O5S. The van der Waals surface area contributed by atoms with E-state index in [0.29, 0.717) is 5.56 Å². The van der Waals surface area contributed by atoms with E-state index in [2.05, 4.69) is 24.8 Å². The summed E-state index contributed by atoms with van der Waals surface area (Å²) in [4.78, 5) is 34.1. The number of alkyl halides is 2. The molecule has 1 amide bonds. The van der Waals surface area contributed by atoms with Crippen molar-refractivity contribution in [2.45, 2.75) is 38.2 Å². The Kier molecular flexibility index (Phi) is 4.80. The molecule has 1 aromatic heterocycles. The summed E-state index contributed by atoms with van der Waals surface area (Å²) in [5.74, 6) is -0.836. The van der Waals surface area contributed by atoms with E-state index in [-0.39, 0.29) is 22.2 Å². The predicted molar refractivity (Wildman–Crippen MR) is 108 cm³/mol. The molecular weight excluding hydrogens is 432 g/mol. The average Bonchev–Trinajstić information content (AvgIpc) is 3.36. The van der Waals surface area contributed by atoms with Gasteiger partial charge in [0.2, 0.25) is 5.78 Å². The summed E-state index contributed by atoms with van der Waals surface area (Å²) >= 11 is 1.01. The molecule has 1 aromatic carbocycles. The number of thiazole rings is 1. The number of anilines is 1. The van der Waals surface area contributed by atoms with Gasteiger partial charge in [-0.05, 0) is 50.6 Å². The van der Waals surface area contributed by atoms with Gasteiger partial charge in [-0.25, -0.2) is 9.78 Å². The molecule has 0 saturated heterocycles. The molecule has 0 spiro atoms. The lowest BCUT2D eigenvalue weighted by molar-refractivity contribution is -0.286. The van der Waals surface area contributed by atoms with E-state index in [0.717, 1.165) is 11.3 Å². The van der Waals surface area contributed by atoms with Crippen molar-refractivity contribution in [3.63, 3.8) is 0 Å². The van der Waals surface area contributed by atoms with Crippen molar-refractivity contribution in [3.8, 4) is 11.5 Å². The Morgan fingerprint density at radius 2 is 1.94 bits per heavy atom. The number of ketones is 1. The van der Waals surface area contributed by atoms with Gasteiger partial charge in [0, 0.05) is 6.21 Å². The number of aliphatic imine (C=N–C) groups is 1. The summed E-state index contributed by atoms with van der Waals surface area (Å²) < 4.78 is 40.9. The zero-order valence-corrected chi connectivity index (χ0v) is 17.5. The van der Waals surface area contributed by atoms with E-state index in [1.807, 2.05) is 0 Å². The van der Waals surface area contributed by atoms with Crippen molar-refractivity contribution in [1.29, 1.82) is 0 Å². The number of benzene rings is 1. The van der Waals surface area contributed by atoms with Crippen LogP contribution in [0.1, 0.15) is 36.0 Å². The zero-order valence-electron chi connectivity index (χ0n) is 16.6. The number of aromatic nitrogens is 1. The summed E-state index contributed by atoms with van der Waals surface area (Å²) in [6.07, 6.45) is -0.0211. The van der Waals surface area contributed by atoms with Gasteiger partial charge < -0.3 is 14.2 Å². The monoisotopic (exact) mass is 449 g/mol. The third-order valence-electron chi connectivity index (χ3n) is 4.28. The highest BCUT2D eigenvalue weighted by atomic mass is 32.1. The number of carbonyl (C=O) groups is 2. The standard InChI is InChI=1S/C20H17F2N3O5S/c1-18(2,3)30-17(27)25-16-14(31-10-23-16)15(26)19(7-4-8-24-19)11-5-6-12-13(9-11)29-20(21,22)28-12/h4-10H,1-3H3,(H,25,27). The Morgan fingerprint density at radius 1 is 1.19 bits per heavy atom. The number of hydrogen-bond donors (Lipinski definition) is 1. The van der Waals surface area contributed by atoms with Crippen LogP contribution in [-0.4, -0.2) is 35.0 Å². The van der Waals surface area contributed by atoms with Crippen LogP contribution in [0.4, 0.5) is 19.4 Å². The first-order chi connectivity index (χ1) is 14.5. The van der Waals surface area contributed by atoms with Crippen LogP contribution in [0.2, 0.25) is 0 Å². The number of amides is 1. The second-order valence-corrected chi connectivity index (χ2v) is 8.57. The Morgan fingerprint density at radius 3 is 2.61 bits per heavy atom. The van der Waals surface area contributed by atoms with Crippen LogP contribution < -0.4 is 14.8 Å². The average molecular weight is 449 g/mol. The molecule has 4 rings (SSSR count). The molecule has 2 aliphatic heterocycles. The molecule has 1 N–H and O–H groups in total. The second kappa shape index (κ2) is 7.12.